The Hall–Kier alpha value is -3.47. The van der Waals surface area contributed by atoms with Gasteiger partial charge in [0.2, 0.25) is 11.7 Å². The number of carbonyl (C=O) groups is 1. The molecule has 0 saturated carbocycles. The number of anilines is 1. The number of aromatic nitrogens is 4. The average Bonchev–Trinajstić information content (AvgIpc) is 3.53. The summed E-state index contributed by atoms with van der Waals surface area (Å²) in [6.45, 7) is 7.00. The molecule has 0 unspecified atom stereocenters. The van der Waals surface area contributed by atoms with Crippen LogP contribution in [0, 0.1) is 5.92 Å². The van der Waals surface area contributed by atoms with Gasteiger partial charge in [0, 0.05) is 17.0 Å². The SMILES string of the molecule is CC(C)[C@H]1Cc2c(sc3c2c(=O)n(Cc2ccccc2)c2nnc(S[C@H](C)C(=O)Nc4ccccc4)n32)CO1. The summed E-state index contributed by atoms with van der Waals surface area (Å²) in [5, 5.41) is 12.8. The first kappa shape index (κ1) is 25.8. The maximum absolute atomic E-state index is 14.1. The van der Waals surface area contributed by atoms with E-state index in [2.05, 4.69) is 29.4 Å². The standard InChI is InChI=1S/C29H29N5O3S2/c1-17(2)22-14-21-23(16-37-22)39-27-24(21)26(36)33(15-19-10-6-4-7-11-19)28-31-32-29(34(27)28)38-18(3)25(35)30-20-12-8-5-9-13-20/h4-13,17-18,22H,14-16H2,1-3H3,(H,30,35)/t18-,22-/m1/s1. The summed E-state index contributed by atoms with van der Waals surface area (Å²) < 4.78 is 9.79. The second-order valence-corrected chi connectivity index (χ2v) is 12.5. The molecule has 10 heteroatoms. The fraction of sp³-hybridized carbons (Fsp3) is 0.310. The lowest BCUT2D eigenvalue weighted by Crippen LogP contribution is -2.28. The Labute approximate surface area is 234 Å². The molecule has 39 heavy (non-hydrogen) atoms. The van der Waals surface area contributed by atoms with Crippen LogP contribution in [0.15, 0.2) is 70.6 Å². The molecule has 0 fully saturated rings. The van der Waals surface area contributed by atoms with Gasteiger partial charge in [-0.15, -0.1) is 21.5 Å². The highest BCUT2D eigenvalue weighted by Crippen LogP contribution is 2.37. The third-order valence-electron chi connectivity index (χ3n) is 7.05. The first-order valence-electron chi connectivity index (χ1n) is 13.0. The number of carbonyl (C=O) groups excluding carboxylic acids is 1. The molecular weight excluding hydrogens is 530 g/mol. The van der Waals surface area contributed by atoms with Crippen LogP contribution in [0.5, 0.6) is 0 Å². The van der Waals surface area contributed by atoms with E-state index < -0.39 is 5.25 Å². The van der Waals surface area contributed by atoms with Crippen molar-refractivity contribution in [3.05, 3.63) is 87.0 Å². The van der Waals surface area contributed by atoms with Crippen LogP contribution in [0.25, 0.3) is 16.0 Å². The summed E-state index contributed by atoms with van der Waals surface area (Å²) in [5.41, 5.74) is 2.74. The molecule has 200 valence electrons. The summed E-state index contributed by atoms with van der Waals surface area (Å²) >= 11 is 2.89. The van der Waals surface area contributed by atoms with Crippen molar-refractivity contribution in [3.63, 3.8) is 0 Å². The average molecular weight is 560 g/mol. The van der Waals surface area contributed by atoms with Gasteiger partial charge in [-0.3, -0.25) is 14.2 Å². The minimum Gasteiger partial charge on any atom is -0.372 e. The summed E-state index contributed by atoms with van der Waals surface area (Å²) in [5.74, 6) is 0.679. The molecule has 6 rings (SSSR count). The van der Waals surface area contributed by atoms with E-state index in [0.717, 1.165) is 26.5 Å². The largest absolute Gasteiger partial charge is 0.372 e. The number of fused-ring (bicyclic) bond motifs is 5. The minimum atomic E-state index is -0.439. The zero-order valence-electron chi connectivity index (χ0n) is 22.0. The van der Waals surface area contributed by atoms with Crippen LogP contribution in [-0.2, 0) is 29.1 Å². The predicted octanol–water partition coefficient (Wildman–Crippen LogP) is 5.37. The van der Waals surface area contributed by atoms with E-state index in [1.165, 1.54) is 11.8 Å². The highest BCUT2D eigenvalue weighted by Gasteiger charge is 2.30. The van der Waals surface area contributed by atoms with Gasteiger partial charge >= 0.3 is 0 Å². The van der Waals surface area contributed by atoms with Gasteiger partial charge in [0.25, 0.3) is 5.56 Å². The van der Waals surface area contributed by atoms with Crippen molar-refractivity contribution in [1.82, 2.24) is 19.2 Å². The van der Waals surface area contributed by atoms with Gasteiger partial charge in [0.15, 0.2) is 5.16 Å². The number of hydrogen-bond acceptors (Lipinski definition) is 7. The molecular formula is C29H29N5O3S2. The number of thioether (sulfide) groups is 1. The molecule has 1 N–H and O–H groups in total. The van der Waals surface area contributed by atoms with E-state index in [-0.39, 0.29) is 17.6 Å². The lowest BCUT2D eigenvalue weighted by atomic mass is 9.96. The highest BCUT2D eigenvalue weighted by molar-refractivity contribution is 8.00. The number of nitrogens with one attached hydrogen (secondary N) is 1. The number of benzene rings is 2. The highest BCUT2D eigenvalue weighted by atomic mass is 32.2. The van der Waals surface area contributed by atoms with Crippen molar-refractivity contribution in [1.29, 1.82) is 0 Å². The molecule has 0 radical (unpaired) electrons. The number of para-hydroxylation sites is 1. The van der Waals surface area contributed by atoms with Gasteiger partial charge in [-0.25, -0.2) is 4.40 Å². The molecule has 4 heterocycles. The maximum atomic E-state index is 14.1. The fourth-order valence-electron chi connectivity index (χ4n) is 4.88. The third kappa shape index (κ3) is 4.88. The van der Waals surface area contributed by atoms with Crippen molar-refractivity contribution in [2.24, 2.45) is 5.92 Å². The lowest BCUT2D eigenvalue weighted by Gasteiger charge is -2.26. The monoisotopic (exact) mass is 559 g/mol. The van der Waals surface area contributed by atoms with Crippen LogP contribution >= 0.6 is 23.1 Å². The number of rotatable bonds is 7. The smallest absolute Gasteiger partial charge is 0.264 e. The quantitative estimate of drug-likeness (QED) is 0.270. The summed E-state index contributed by atoms with van der Waals surface area (Å²) in [6, 6.07) is 19.3. The van der Waals surface area contributed by atoms with Crippen LogP contribution in [0.2, 0.25) is 0 Å². The van der Waals surface area contributed by atoms with E-state index in [4.69, 9.17) is 4.74 Å². The lowest BCUT2D eigenvalue weighted by molar-refractivity contribution is -0.115. The van der Waals surface area contributed by atoms with Crippen LogP contribution in [0.3, 0.4) is 0 Å². The summed E-state index contributed by atoms with van der Waals surface area (Å²) in [7, 11) is 0. The summed E-state index contributed by atoms with van der Waals surface area (Å²) in [6.07, 6.45) is 0.754. The molecule has 1 aliphatic rings. The van der Waals surface area contributed by atoms with E-state index in [1.54, 1.807) is 15.9 Å². The molecule has 8 nitrogen and oxygen atoms in total. The van der Waals surface area contributed by atoms with Crippen molar-refractivity contribution in [2.75, 3.05) is 5.32 Å². The second kappa shape index (κ2) is 10.6. The Morgan fingerprint density at radius 1 is 1.10 bits per heavy atom. The number of nitrogens with zero attached hydrogens (tertiary/aromatic N) is 4. The second-order valence-electron chi connectivity index (χ2n) is 10.1. The van der Waals surface area contributed by atoms with Gasteiger partial charge in [0.05, 0.1) is 29.9 Å². The molecule has 0 saturated heterocycles. The maximum Gasteiger partial charge on any atom is 0.264 e. The van der Waals surface area contributed by atoms with Crippen LogP contribution < -0.4 is 10.9 Å². The number of ether oxygens (including phenoxy) is 1. The number of hydrogen-bond donors (Lipinski definition) is 1. The molecule has 0 bridgehead atoms. The van der Waals surface area contributed by atoms with Gasteiger partial charge in [-0.2, -0.15) is 0 Å². The third-order valence-corrected chi connectivity index (χ3v) is 9.28. The van der Waals surface area contributed by atoms with Gasteiger partial charge < -0.3 is 10.1 Å². The molecule has 0 aliphatic carbocycles. The first-order chi connectivity index (χ1) is 18.9. The zero-order valence-corrected chi connectivity index (χ0v) is 23.6. The molecule has 2 aromatic carbocycles. The van der Waals surface area contributed by atoms with E-state index in [9.17, 15) is 9.59 Å². The molecule has 0 spiro atoms. The van der Waals surface area contributed by atoms with Gasteiger partial charge in [-0.1, -0.05) is 74.1 Å². The first-order valence-corrected chi connectivity index (χ1v) is 14.7. The zero-order chi connectivity index (χ0) is 27.1. The summed E-state index contributed by atoms with van der Waals surface area (Å²) in [4.78, 5) is 29.0. The van der Waals surface area contributed by atoms with E-state index >= 15 is 0 Å². The Balaban J connectivity index is 1.46. The van der Waals surface area contributed by atoms with Crippen LogP contribution in [0.4, 0.5) is 5.69 Å². The van der Waals surface area contributed by atoms with Crippen LogP contribution in [0.1, 0.15) is 36.8 Å². The molecule has 1 amide bonds. The molecule has 2 atom stereocenters. The number of amides is 1. The Bertz CT molecular complexity index is 1710. The Kier molecular flexibility index (Phi) is 7.01. The van der Waals surface area contributed by atoms with Crippen molar-refractivity contribution in [2.45, 2.75) is 56.9 Å². The van der Waals surface area contributed by atoms with Crippen molar-refractivity contribution >= 4 is 50.7 Å². The van der Waals surface area contributed by atoms with Gasteiger partial charge in [0.1, 0.15) is 4.83 Å². The molecule has 3 aromatic heterocycles. The fourth-order valence-corrected chi connectivity index (χ4v) is 7.03. The normalized spacial score (nSPS) is 16.1. The topological polar surface area (TPSA) is 90.5 Å². The Morgan fingerprint density at radius 3 is 2.54 bits per heavy atom. The van der Waals surface area contributed by atoms with Crippen molar-refractivity contribution in [3.8, 4) is 0 Å². The van der Waals surface area contributed by atoms with E-state index in [0.29, 0.717) is 41.8 Å². The van der Waals surface area contributed by atoms with Crippen molar-refractivity contribution < 1.29 is 9.53 Å². The van der Waals surface area contributed by atoms with Gasteiger partial charge in [-0.05, 0) is 36.1 Å². The predicted molar refractivity (Wildman–Crippen MR) is 156 cm³/mol. The molecule has 5 aromatic rings. The van der Waals surface area contributed by atoms with E-state index in [1.807, 2.05) is 72.0 Å². The minimum absolute atomic E-state index is 0.0597. The molecule has 1 aliphatic heterocycles. The Morgan fingerprint density at radius 2 is 1.82 bits per heavy atom. The number of thiophene rings is 1. The van der Waals surface area contributed by atoms with Crippen LogP contribution in [-0.4, -0.2) is 36.4 Å².